The first-order valence-corrected chi connectivity index (χ1v) is 11.6. The van der Waals surface area contributed by atoms with Crippen molar-refractivity contribution >= 4 is 27.9 Å². The van der Waals surface area contributed by atoms with Gasteiger partial charge in [-0.25, -0.2) is 22.9 Å². The predicted molar refractivity (Wildman–Crippen MR) is 120 cm³/mol. The molecule has 1 N–H and O–H groups in total. The number of esters is 1. The molecule has 0 radical (unpaired) electrons. The van der Waals surface area contributed by atoms with Crippen molar-refractivity contribution in [2.45, 2.75) is 24.3 Å². The molecule has 1 aromatic carbocycles. The summed E-state index contributed by atoms with van der Waals surface area (Å²) in [6.45, 7) is 1.98. The van der Waals surface area contributed by atoms with E-state index in [2.05, 4.69) is 19.3 Å². The molecule has 1 fully saturated rings. The molecule has 1 aliphatic rings. The molecule has 0 atom stereocenters. The van der Waals surface area contributed by atoms with Crippen molar-refractivity contribution < 1.29 is 27.4 Å². The van der Waals surface area contributed by atoms with Gasteiger partial charge in [-0.1, -0.05) is 0 Å². The average molecular weight is 462 g/mol. The average Bonchev–Trinajstić information content (AvgIpc) is 3.36. The molecule has 0 spiro atoms. The zero-order valence-electron chi connectivity index (χ0n) is 18.3. The third-order valence-corrected chi connectivity index (χ3v) is 6.48. The Hall–Kier alpha value is -3.11. The molecule has 3 rings (SSSR count). The molecular formula is C22H27N3O6S. The molecule has 1 aliphatic heterocycles. The van der Waals surface area contributed by atoms with Crippen LogP contribution in [0.5, 0.6) is 11.5 Å². The fourth-order valence-electron chi connectivity index (χ4n) is 3.42. The lowest BCUT2D eigenvalue weighted by atomic mass is 10.2. The molecule has 10 heteroatoms. The first-order chi connectivity index (χ1) is 15.4. The summed E-state index contributed by atoms with van der Waals surface area (Å²) >= 11 is 0. The second kappa shape index (κ2) is 10.5. The van der Waals surface area contributed by atoms with Crippen LogP contribution in [0.2, 0.25) is 0 Å². The van der Waals surface area contributed by atoms with E-state index in [0.29, 0.717) is 5.56 Å². The van der Waals surface area contributed by atoms with Crippen molar-refractivity contribution in [3.63, 3.8) is 0 Å². The maximum Gasteiger partial charge on any atom is 0.330 e. The SMILES string of the molecule is COC(=O)/C=C/c1cc(OC)c(OC)c(S(=O)(=O)NCc2ccnc(N3CCCC3)c2)c1. The van der Waals surface area contributed by atoms with Crippen molar-refractivity contribution in [2.24, 2.45) is 0 Å². The minimum atomic E-state index is -3.97. The van der Waals surface area contributed by atoms with Crippen molar-refractivity contribution in [1.29, 1.82) is 0 Å². The van der Waals surface area contributed by atoms with Gasteiger partial charge in [-0.3, -0.25) is 0 Å². The number of carbonyl (C=O) groups excluding carboxylic acids is 1. The third kappa shape index (κ3) is 5.57. The van der Waals surface area contributed by atoms with Crippen molar-refractivity contribution in [3.05, 3.63) is 47.7 Å². The highest BCUT2D eigenvalue weighted by atomic mass is 32.2. The molecule has 1 aromatic heterocycles. The number of nitrogens with one attached hydrogen (secondary N) is 1. The fourth-order valence-corrected chi connectivity index (χ4v) is 4.66. The number of aromatic nitrogens is 1. The van der Waals surface area contributed by atoms with Crippen molar-refractivity contribution in [3.8, 4) is 11.5 Å². The number of nitrogens with zero attached hydrogens (tertiary/aromatic N) is 2. The standard InChI is InChI=1S/C22H27N3O6S/c1-29-18-12-16(6-7-21(26)30-2)13-19(22(18)31-3)32(27,28)24-15-17-8-9-23-20(14-17)25-10-4-5-11-25/h6-9,12-14,24H,4-5,10-11,15H2,1-3H3/b7-6+. The Balaban J connectivity index is 1.87. The van der Waals surface area contributed by atoms with Crippen molar-refractivity contribution in [1.82, 2.24) is 9.71 Å². The molecule has 0 unspecified atom stereocenters. The highest BCUT2D eigenvalue weighted by molar-refractivity contribution is 7.89. The Morgan fingerprint density at radius 2 is 1.91 bits per heavy atom. The summed E-state index contributed by atoms with van der Waals surface area (Å²) in [6.07, 6.45) is 6.57. The Labute approximate surface area is 188 Å². The van der Waals surface area contributed by atoms with Gasteiger partial charge in [0.15, 0.2) is 11.5 Å². The number of rotatable bonds is 9. The summed E-state index contributed by atoms with van der Waals surface area (Å²) in [5.74, 6) is 0.574. The van der Waals surface area contributed by atoms with Crippen LogP contribution in [-0.4, -0.2) is 53.8 Å². The lowest BCUT2D eigenvalue weighted by molar-refractivity contribution is -0.134. The Morgan fingerprint density at radius 3 is 2.56 bits per heavy atom. The summed E-state index contributed by atoms with van der Waals surface area (Å²) in [4.78, 5) is 17.9. The van der Waals surface area contributed by atoms with Crippen LogP contribution in [0.1, 0.15) is 24.0 Å². The minimum Gasteiger partial charge on any atom is -0.493 e. The normalized spacial score (nSPS) is 14.0. The van der Waals surface area contributed by atoms with E-state index in [0.717, 1.165) is 37.3 Å². The maximum absolute atomic E-state index is 13.2. The van der Waals surface area contributed by atoms with E-state index in [1.165, 1.54) is 39.5 Å². The van der Waals surface area contributed by atoms with E-state index in [1.807, 2.05) is 6.07 Å². The fraction of sp³-hybridized carbons (Fsp3) is 0.364. The summed E-state index contributed by atoms with van der Waals surface area (Å²) < 4.78 is 44.1. The zero-order chi connectivity index (χ0) is 23.1. The highest BCUT2D eigenvalue weighted by Crippen LogP contribution is 2.36. The number of benzene rings is 1. The van der Waals surface area contributed by atoms with Gasteiger partial charge in [0.2, 0.25) is 10.0 Å². The van der Waals surface area contributed by atoms with Crippen LogP contribution in [0.15, 0.2) is 41.4 Å². The van der Waals surface area contributed by atoms with Crippen LogP contribution >= 0.6 is 0 Å². The third-order valence-electron chi connectivity index (χ3n) is 5.08. The van der Waals surface area contributed by atoms with E-state index in [9.17, 15) is 13.2 Å². The molecule has 0 aliphatic carbocycles. The predicted octanol–water partition coefficient (Wildman–Crippen LogP) is 2.36. The smallest absolute Gasteiger partial charge is 0.330 e. The van der Waals surface area contributed by atoms with E-state index in [-0.39, 0.29) is 22.9 Å². The van der Waals surface area contributed by atoms with Crippen LogP contribution < -0.4 is 19.1 Å². The lowest BCUT2D eigenvalue weighted by Crippen LogP contribution is -2.24. The number of hydrogen-bond donors (Lipinski definition) is 1. The molecule has 1 saturated heterocycles. The van der Waals surface area contributed by atoms with Crippen LogP contribution in [0, 0.1) is 0 Å². The monoisotopic (exact) mass is 461 g/mol. The van der Waals surface area contributed by atoms with Gasteiger partial charge in [-0.05, 0) is 54.3 Å². The lowest BCUT2D eigenvalue weighted by Gasteiger charge is -2.17. The molecule has 2 heterocycles. The van der Waals surface area contributed by atoms with Crippen LogP contribution in [0.3, 0.4) is 0 Å². The Bertz CT molecular complexity index is 1090. The molecule has 0 saturated carbocycles. The van der Waals surface area contributed by atoms with Gasteiger partial charge < -0.3 is 19.1 Å². The first-order valence-electron chi connectivity index (χ1n) is 10.1. The molecule has 0 bridgehead atoms. The largest absolute Gasteiger partial charge is 0.493 e. The summed E-state index contributed by atoms with van der Waals surface area (Å²) in [6, 6.07) is 6.64. The van der Waals surface area contributed by atoms with Crippen molar-refractivity contribution in [2.75, 3.05) is 39.3 Å². The molecule has 2 aromatic rings. The van der Waals surface area contributed by atoms with Gasteiger partial charge in [-0.15, -0.1) is 0 Å². The molecular weight excluding hydrogens is 434 g/mol. The number of anilines is 1. The van der Waals surface area contributed by atoms with E-state index in [1.54, 1.807) is 18.3 Å². The number of hydrogen-bond acceptors (Lipinski definition) is 8. The molecule has 9 nitrogen and oxygen atoms in total. The van der Waals surface area contributed by atoms with Gasteiger partial charge in [0, 0.05) is 31.9 Å². The second-order valence-electron chi connectivity index (χ2n) is 7.15. The minimum absolute atomic E-state index is 0.0719. The van der Waals surface area contributed by atoms with E-state index < -0.39 is 16.0 Å². The van der Waals surface area contributed by atoms with Crippen LogP contribution in [0.25, 0.3) is 6.08 Å². The van der Waals surface area contributed by atoms with E-state index in [4.69, 9.17) is 9.47 Å². The maximum atomic E-state index is 13.2. The number of carbonyl (C=O) groups is 1. The molecule has 0 amide bonds. The molecule has 172 valence electrons. The highest BCUT2D eigenvalue weighted by Gasteiger charge is 2.24. The van der Waals surface area contributed by atoms with Gasteiger partial charge in [0.25, 0.3) is 0 Å². The quantitative estimate of drug-likeness (QED) is 0.448. The molecule has 32 heavy (non-hydrogen) atoms. The number of pyridine rings is 1. The van der Waals surface area contributed by atoms with E-state index >= 15 is 0 Å². The summed E-state index contributed by atoms with van der Waals surface area (Å²) in [5.41, 5.74) is 1.23. The van der Waals surface area contributed by atoms with Gasteiger partial charge in [-0.2, -0.15) is 0 Å². The number of methoxy groups -OCH3 is 3. The number of sulfonamides is 1. The van der Waals surface area contributed by atoms with Crippen LogP contribution in [-0.2, 0) is 26.1 Å². The first kappa shape index (κ1) is 23.6. The van der Waals surface area contributed by atoms with Gasteiger partial charge in [0.05, 0.1) is 21.3 Å². The zero-order valence-corrected chi connectivity index (χ0v) is 19.1. The summed E-state index contributed by atoms with van der Waals surface area (Å²) in [5, 5.41) is 0. The Morgan fingerprint density at radius 1 is 1.16 bits per heavy atom. The topological polar surface area (TPSA) is 107 Å². The van der Waals surface area contributed by atoms with Gasteiger partial charge in [0.1, 0.15) is 10.7 Å². The summed E-state index contributed by atoms with van der Waals surface area (Å²) in [7, 11) is 0.0640. The van der Waals surface area contributed by atoms with Crippen LogP contribution in [0.4, 0.5) is 5.82 Å². The second-order valence-corrected chi connectivity index (χ2v) is 8.89. The number of ether oxygens (including phenoxy) is 3. The van der Waals surface area contributed by atoms with Gasteiger partial charge >= 0.3 is 5.97 Å². The Kier molecular flexibility index (Phi) is 7.70.